The van der Waals surface area contributed by atoms with Gasteiger partial charge in [-0.2, -0.15) is 5.26 Å². The first-order chi connectivity index (χ1) is 9.79. The number of hydrogen-bond donors (Lipinski definition) is 0. The fourth-order valence-electron chi connectivity index (χ4n) is 3.76. The topological polar surface area (TPSA) is 44.1 Å². The maximum atomic E-state index is 12.7. The van der Waals surface area contributed by atoms with Crippen molar-refractivity contribution >= 4 is 5.91 Å². The Kier molecular flexibility index (Phi) is 3.73. The van der Waals surface area contributed by atoms with E-state index in [0.717, 1.165) is 19.4 Å². The average Bonchev–Trinajstić information content (AvgIpc) is 2.53. The molecule has 3 heteroatoms. The molecule has 3 rings (SSSR count). The number of amides is 1. The second-order valence-electron chi connectivity index (χ2n) is 5.95. The van der Waals surface area contributed by atoms with Crippen LogP contribution in [0.15, 0.2) is 24.3 Å². The third kappa shape index (κ3) is 2.43. The molecule has 1 saturated heterocycles. The van der Waals surface area contributed by atoms with Crippen LogP contribution in [0, 0.1) is 17.2 Å². The van der Waals surface area contributed by atoms with Gasteiger partial charge in [-0.05, 0) is 49.8 Å². The van der Waals surface area contributed by atoms with Gasteiger partial charge in [0, 0.05) is 18.2 Å². The highest BCUT2D eigenvalue weighted by Crippen LogP contribution is 2.35. The van der Waals surface area contributed by atoms with E-state index in [2.05, 4.69) is 11.0 Å². The summed E-state index contributed by atoms with van der Waals surface area (Å²) in [6.07, 6.45) is 7.36. The lowest BCUT2D eigenvalue weighted by Gasteiger charge is -2.44. The molecule has 0 N–H and O–H groups in total. The Morgan fingerprint density at radius 3 is 2.85 bits per heavy atom. The van der Waals surface area contributed by atoms with Gasteiger partial charge in [0.15, 0.2) is 0 Å². The van der Waals surface area contributed by atoms with Crippen LogP contribution in [-0.4, -0.2) is 23.4 Å². The lowest BCUT2D eigenvalue weighted by atomic mass is 9.78. The Bertz CT molecular complexity index is 544. The van der Waals surface area contributed by atoms with Crippen LogP contribution in [0.3, 0.4) is 0 Å². The first-order valence-corrected chi connectivity index (χ1v) is 7.61. The summed E-state index contributed by atoms with van der Waals surface area (Å²) in [5.41, 5.74) is 1.23. The quantitative estimate of drug-likeness (QED) is 0.784. The molecule has 0 unspecified atom stereocenters. The van der Waals surface area contributed by atoms with Crippen LogP contribution in [0.1, 0.15) is 54.4 Å². The molecule has 1 saturated carbocycles. The molecule has 2 aliphatic rings. The molecule has 3 nitrogen and oxygen atoms in total. The fourth-order valence-corrected chi connectivity index (χ4v) is 3.76. The third-order valence-electron chi connectivity index (χ3n) is 4.74. The summed E-state index contributed by atoms with van der Waals surface area (Å²) in [5.74, 6) is 0.805. The molecule has 20 heavy (non-hydrogen) atoms. The molecule has 0 aromatic heterocycles. The zero-order valence-electron chi connectivity index (χ0n) is 11.7. The fraction of sp³-hybridized carbons (Fsp3) is 0.529. The first-order valence-electron chi connectivity index (χ1n) is 7.61. The van der Waals surface area contributed by atoms with Gasteiger partial charge in [-0.25, -0.2) is 0 Å². The number of nitrogens with zero attached hydrogens (tertiary/aromatic N) is 2. The van der Waals surface area contributed by atoms with Gasteiger partial charge in [-0.1, -0.05) is 18.9 Å². The molecule has 1 aliphatic heterocycles. The number of fused-ring (bicyclic) bond motifs is 1. The predicted molar refractivity (Wildman–Crippen MR) is 77.2 cm³/mol. The summed E-state index contributed by atoms with van der Waals surface area (Å²) in [4.78, 5) is 14.8. The Balaban J connectivity index is 1.83. The number of carbonyl (C=O) groups excluding carboxylic acids is 1. The van der Waals surface area contributed by atoms with E-state index in [1.807, 2.05) is 6.07 Å². The van der Waals surface area contributed by atoms with Gasteiger partial charge < -0.3 is 4.90 Å². The molecule has 0 radical (unpaired) electrons. The Labute approximate surface area is 120 Å². The van der Waals surface area contributed by atoms with E-state index in [-0.39, 0.29) is 5.91 Å². The van der Waals surface area contributed by atoms with E-state index in [1.54, 1.807) is 18.2 Å². The van der Waals surface area contributed by atoms with Crippen LogP contribution >= 0.6 is 0 Å². The normalized spacial score (nSPS) is 25.6. The van der Waals surface area contributed by atoms with E-state index < -0.39 is 0 Å². The first kappa shape index (κ1) is 13.2. The molecule has 0 spiro atoms. The molecule has 1 aliphatic carbocycles. The van der Waals surface area contributed by atoms with Crippen molar-refractivity contribution in [2.45, 2.75) is 44.6 Å². The zero-order valence-corrected chi connectivity index (χ0v) is 11.7. The van der Waals surface area contributed by atoms with Crippen molar-refractivity contribution in [3.63, 3.8) is 0 Å². The minimum Gasteiger partial charge on any atom is -0.335 e. The maximum absolute atomic E-state index is 12.7. The third-order valence-corrected chi connectivity index (χ3v) is 4.74. The molecule has 104 valence electrons. The Morgan fingerprint density at radius 1 is 1.20 bits per heavy atom. The summed E-state index contributed by atoms with van der Waals surface area (Å²) in [6.45, 7) is 0.872. The summed E-state index contributed by atoms with van der Waals surface area (Å²) in [7, 11) is 0. The van der Waals surface area contributed by atoms with E-state index in [9.17, 15) is 4.79 Å². The standard InChI is InChI=1S/C17H20N2O/c18-12-13-5-3-7-15(11-13)17(20)19-10-4-8-14-6-1-2-9-16(14)19/h3,5,7,11,14,16H,1-2,4,6,8-10H2/t14-,16+/m0/s1. The molecule has 0 bridgehead atoms. The van der Waals surface area contributed by atoms with E-state index >= 15 is 0 Å². The molecule has 1 aromatic rings. The summed E-state index contributed by atoms with van der Waals surface area (Å²) < 4.78 is 0. The van der Waals surface area contributed by atoms with E-state index in [1.165, 1.54) is 25.7 Å². The van der Waals surface area contributed by atoms with E-state index in [0.29, 0.717) is 23.1 Å². The number of carbonyl (C=O) groups is 1. The summed E-state index contributed by atoms with van der Waals surface area (Å²) >= 11 is 0. The molecular formula is C17H20N2O. The van der Waals surface area contributed by atoms with Crippen molar-refractivity contribution in [1.29, 1.82) is 5.26 Å². The van der Waals surface area contributed by atoms with Gasteiger partial charge in [0.25, 0.3) is 5.91 Å². The van der Waals surface area contributed by atoms with Crippen LogP contribution in [0.5, 0.6) is 0 Å². The smallest absolute Gasteiger partial charge is 0.254 e. The molecule has 2 fully saturated rings. The molecule has 2 atom stereocenters. The van der Waals surface area contributed by atoms with Crippen molar-refractivity contribution in [2.75, 3.05) is 6.54 Å². The molecule has 1 amide bonds. The minimum absolute atomic E-state index is 0.110. The van der Waals surface area contributed by atoms with Gasteiger partial charge in [0.1, 0.15) is 0 Å². The van der Waals surface area contributed by atoms with Gasteiger partial charge in [0.2, 0.25) is 0 Å². The number of hydrogen-bond acceptors (Lipinski definition) is 2. The van der Waals surface area contributed by atoms with E-state index in [4.69, 9.17) is 5.26 Å². The Hall–Kier alpha value is -1.82. The van der Waals surface area contributed by atoms with Gasteiger partial charge in [-0.15, -0.1) is 0 Å². The van der Waals surface area contributed by atoms with Crippen LogP contribution in [0.25, 0.3) is 0 Å². The van der Waals surface area contributed by atoms with Crippen molar-refractivity contribution in [3.8, 4) is 6.07 Å². The number of likely N-dealkylation sites (tertiary alicyclic amines) is 1. The highest BCUT2D eigenvalue weighted by molar-refractivity contribution is 5.94. The van der Waals surface area contributed by atoms with Crippen LogP contribution < -0.4 is 0 Å². The maximum Gasteiger partial charge on any atom is 0.254 e. The zero-order chi connectivity index (χ0) is 13.9. The number of nitriles is 1. The average molecular weight is 268 g/mol. The van der Waals surface area contributed by atoms with Crippen molar-refractivity contribution in [1.82, 2.24) is 4.90 Å². The number of benzene rings is 1. The van der Waals surface area contributed by atoms with Gasteiger partial charge in [-0.3, -0.25) is 4.79 Å². The SMILES string of the molecule is N#Cc1cccc(C(=O)N2CCC[C@@H]3CCCC[C@H]32)c1. The lowest BCUT2D eigenvalue weighted by Crippen LogP contribution is -2.49. The molecule has 1 heterocycles. The van der Waals surface area contributed by atoms with Crippen molar-refractivity contribution in [2.24, 2.45) is 5.92 Å². The monoisotopic (exact) mass is 268 g/mol. The summed E-state index contributed by atoms with van der Waals surface area (Å²) in [5, 5.41) is 8.97. The number of piperidine rings is 1. The van der Waals surface area contributed by atoms with Gasteiger partial charge >= 0.3 is 0 Å². The highest BCUT2D eigenvalue weighted by Gasteiger charge is 2.35. The predicted octanol–water partition coefficient (Wildman–Crippen LogP) is 3.35. The lowest BCUT2D eigenvalue weighted by molar-refractivity contribution is 0.0390. The largest absolute Gasteiger partial charge is 0.335 e. The van der Waals surface area contributed by atoms with Crippen LogP contribution in [0.4, 0.5) is 0 Å². The second kappa shape index (κ2) is 5.66. The van der Waals surface area contributed by atoms with Crippen molar-refractivity contribution in [3.05, 3.63) is 35.4 Å². The highest BCUT2D eigenvalue weighted by atomic mass is 16.2. The minimum atomic E-state index is 0.110. The molecule has 1 aromatic carbocycles. The van der Waals surface area contributed by atoms with Crippen molar-refractivity contribution < 1.29 is 4.79 Å². The number of rotatable bonds is 1. The molecular weight excluding hydrogens is 248 g/mol. The van der Waals surface area contributed by atoms with Gasteiger partial charge in [0.05, 0.1) is 11.6 Å². The Morgan fingerprint density at radius 2 is 2.00 bits per heavy atom. The van der Waals surface area contributed by atoms with Crippen LogP contribution in [0.2, 0.25) is 0 Å². The second-order valence-corrected chi connectivity index (χ2v) is 5.95. The summed E-state index contributed by atoms with van der Waals surface area (Å²) in [6, 6.07) is 9.63. The van der Waals surface area contributed by atoms with Crippen LogP contribution in [-0.2, 0) is 0 Å².